The molecule has 1 aliphatic carbocycles. The van der Waals surface area contributed by atoms with Gasteiger partial charge in [0, 0.05) is 11.7 Å². The number of alkyl halides is 1. The number of amides is 2. The summed E-state index contributed by atoms with van der Waals surface area (Å²) in [7, 11) is 0. The van der Waals surface area contributed by atoms with Crippen molar-refractivity contribution in [1.29, 1.82) is 0 Å². The number of nitrogens with one attached hydrogen (secondary N) is 2. The predicted octanol–water partition coefficient (Wildman–Crippen LogP) is 3.92. The number of carbonyl (C=O) groups is 2. The Morgan fingerprint density at radius 3 is 2.66 bits per heavy atom. The van der Waals surface area contributed by atoms with Crippen LogP contribution in [0.3, 0.4) is 0 Å². The second kappa shape index (κ2) is 8.45. The van der Waals surface area contributed by atoms with Gasteiger partial charge in [-0.2, -0.15) is 0 Å². The number of carbonyl (C=O) groups excluding carboxylic acids is 2. The molecule has 1 aliphatic rings. The summed E-state index contributed by atoms with van der Waals surface area (Å²) in [6.45, 7) is 5.55. The third-order valence-electron chi connectivity index (χ3n) is 5.22. The Kier molecular flexibility index (Phi) is 5.68. The van der Waals surface area contributed by atoms with E-state index in [1.54, 1.807) is 31.5 Å². The number of nitrogens with zero attached hydrogens (tertiary/aromatic N) is 4. The van der Waals surface area contributed by atoms with Crippen molar-refractivity contribution in [2.45, 2.75) is 39.4 Å². The lowest BCUT2D eigenvalue weighted by molar-refractivity contribution is -0.117. The van der Waals surface area contributed by atoms with Gasteiger partial charge in [-0.15, -0.1) is 10.2 Å². The minimum absolute atomic E-state index is 0.110. The van der Waals surface area contributed by atoms with Gasteiger partial charge in [0.15, 0.2) is 5.82 Å². The molecule has 0 bridgehead atoms. The molecule has 0 unspecified atom stereocenters. The van der Waals surface area contributed by atoms with Crippen molar-refractivity contribution in [2.75, 3.05) is 10.6 Å². The summed E-state index contributed by atoms with van der Waals surface area (Å²) < 4.78 is 29.5. The number of rotatable bonds is 6. The van der Waals surface area contributed by atoms with E-state index in [0.717, 1.165) is 6.07 Å². The number of aryl methyl sites for hydroxylation is 1. The fraction of sp³-hybridized carbons (Fsp3) is 0.318. The summed E-state index contributed by atoms with van der Waals surface area (Å²) in [5.74, 6) is -1.92. The first-order valence-corrected chi connectivity index (χ1v) is 10.2. The highest BCUT2D eigenvalue weighted by Crippen LogP contribution is 2.35. The Balaban J connectivity index is 1.56. The molecule has 3 aromatic rings. The molecule has 1 fully saturated rings. The molecule has 2 atom stereocenters. The monoisotopic (exact) mass is 440 g/mol. The van der Waals surface area contributed by atoms with Crippen LogP contribution in [0.2, 0.25) is 0 Å². The smallest absolute Gasteiger partial charge is 0.259 e. The molecule has 1 aromatic carbocycles. The van der Waals surface area contributed by atoms with Crippen LogP contribution in [0.4, 0.5) is 20.3 Å². The van der Waals surface area contributed by atoms with Crippen LogP contribution in [0.1, 0.15) is 42.2 Å². The molecule has 0 saturated heterocycles. The van der Waals surface area contributed by atoms with Crippen LogP contribution in [-0.2, 0) is 4.79 Å². The Bertz CT molecular complexity index is 1190. The van der Waals surface area contributed by atoms with Gasteiger partial charge < -0.3 is 15.2 Å². The van der Waals surface area contributed by atoms with E-state index in [2.05, 4.69) is 25.8 Å². The van der Waals surface area contributed by atoms with Crippen molar-refractivity contribution in [3.8, 4) is 11.5 Å². The molecule has 0 aliphatic heterocycles. The molecule has 0 radical (unpaired) electrons. The molecular formula is C22H22F2N6O2. The largest absolute Gasteiger partial charge is 0.325 e. The molecule has 2 aromatic heterocycles. The molecule has 10 heteroatoms. The summed E-state index contributed by atoms with van der Waals surface area (Å²) in [6, 6.07) is 7.50. The average Bonchev–Trinajstić information content (AvgIpc) is 3.27. The highest BCUT2D eigenvalue weighted by molar-refractivity contribution is 6.05. The number of anilines is 2. The third kappa shape index (κ3) is 4.34. The lowest BCUT2D eigenvalue weighted by Crippen LogP contribution is -2.19. The second-order valence-corrected chi connectivity index (χ2v) is 8.01. The van der Waals surface area contributed by atoms with E-state index in [1.165, 1.54) is 6.07 Å². The molecule has 1 saturated carbocycles. The zero-order chi connectivity index (χ0) is 23.0. The van der Waals surface area contributed by atoms with Crippen molar-refractivity contribution < 1.29 is 18.4 Å². The SMILES string of the molecule is Cc1cc(F)c(C(=O)Nc2cccc(-c3nncn3C(C)C)n2)cc1NC(=O)[C@H]1C[C@@H]1F. The van der Waals surface area contributed by atoms with Gasteiger partial charge in [-0.25, -0.2) is 13.8 Å². The van der Waals surface area contributed by atoms with E-state index in [9.17, 15) is 18.4 Å². The minimum Gasteiger partial charge on any atom is -0.325 e. The molecule has 8 nitrogen and oxygen atoms in total. The third-order valence-corrected chi connectivity index (χ3v) is 5.22. The second-order valence-electron chi connectivity index (χ2n) is 8.01. The zero-order valence-corrected chi connectivity index (χ0v) is 17.8. The zero-order valence-electron chi connectivity index (χ0n) is 17.8. The predicted molar refractivity (Wildman–Crippen MR) is 114 cm³/mol. The van der Waals surface area contributed by atoms with E-state index < -0.39 is 29.7 Å². The van der Waals surface area contributed by atoms with Gasteiger partial charge in [0.1, 0.15) is 29.8 Å². The summed E-state index contributed by atoms with van der Waals surface area (Å²) in [6.07, 6.45) is 0.613. The summed E-state index contributed by atoms with van der Waals surface area (Å²) in [4.78, 5) is 29.2. The highest BCUT2D eigenvalue weighted by Gasteiger charge is 2.43. The van der Waals surface area contributed by atoms with Crippen molar-refractivity contribution in [3.63, 3.8) is 0 Å². The van der Waals surface area contributed by atoms with E-state index in [0.29, 0.717) is 17.1 Å². The van der Waals surface area contributed by atoms with E-state index in [4.69, 9.17) is 0 Å². The number of hydrogen-bond acceptors (Lipinski definition) is 5. The van der Waals surface area contributed by atoms with Crippen LogP contribution in [-0.4, -0.2) is 37.7 Å². The molecule has 2 heterocycles. The Hall–Kier alpha value is -3.69. The van der Waals surface area contributed by atoms with E-state index in [-0.39, 0.29) is 29.5 Å². The van der Waals surface area contributed by atoms with Crippen LogP contribution in [0.25, 0.3) is 11.5 Å². The van der Waals surface area contributed by atoms with Crippen molar-refractivity contribution in [1.82, 2.24) is 19.7 Å². The van der Waals surface area contributed by atoms with Crippen molar-refractivity contribution in [2.24, 2.45) is 5.92 Å². The average molecular weight is 440 g/mol. The first kappa shape index (κ1) is 21.5. The van der Waals surface area contributed by atoms with Gasteiger partial charge in [0.2, 0.25) is 5.91 Å². The molecule has 4 rings (SSSR count). The van der Waals surface area contributed by atoms with Gasteiger partial charge in [0.25, 0.3) is 5.91 Å². The van der Waals surface area contributed by atoms with Crippen LogP contribution in [0.15, 0.2) is 36.7 Å². The molecule has 166 valence electrons. The number of benzene rings is 1. The quantitative estimate of drug-likeness (QED) is 0.605. The lowest BCUT2D eigenvalue weighted by Gasteiger charge is -2.13. The maximum atomic E-state index is 14.5. The number of aromatic nitrogens is 4. The molecule has 0 spiro atoms. The number of hydrogen-bond donors (Lipinski definition) is 2. The van der Waals surface area contributed by atoms with Crippen LogP contribution >= 0.6 is 0 Å². The van der Waals surface area contributed by atoms with Crippen LogP contribution in [0.5, 0.6) is 0 Å². The normalized spacial score (nSPS) is 17.3. The van der Waals surface area contributed by atoms with Crippen molar-refractivity contribution >= 4 is 23.3 Å². The maximum absolute atomic E-state index is 14.5. The molecule has 32 heavy (non-hydrogen) atoms. The fourth-order valence-electron chi connectivity index (χ4n) is 3.26. The summed E-state index contributed by atoms with van der Waals surface area (Å²) >= 11 is 0. The lowest BCUT2D eigenvalue weighted by atomic mass is 10.1. The number of pyridine rings is 1. The van der Waals surface area contributed by atoms with Gasteiger partial charge in [-0.05, 0) is 57.0 Å². The van der Waals surface area contributed by atoms with Gasteiger partial charge in [-0.3, -0.25) is 9.59 Å². The molecule has 2 amide bonds. The van der Waals surface area contributed by atoms with Crippen molar-refractivity contribution in [3.05, 3.63) is 53.6 Å². The maximum Gasteiger partial charge on any atom is 0.259 e. The van der Waals surface area contributed by atoms with Gasteiger partial charge in [-0.1, -0.05) is 6.07 Å². The summed E-state index contributed by atoms with van der Waals surface area (Å²) in [5, 5.41) is 13.1. The standard InChI is InChI=1S/C22H22F2N6O2/c1-11(2)30-10-25-29-20(30)17-5-4-6-19(26-17)28-22(32)14-9-18(12(3)7-15(14)23)27-21(31)13-8-16(13)24/h4-7,9-11,13,16H,8H2,1-3H3,(H,27,31)(H,26,28,32)/t13-,16-/m0/s1. The Morgan fingerprint density at radius 2 is 1.97 bits per heavy atom. The van der Waals surface area contributed by atoms with Gasteiger partial charge in [0.05, 0.1) is 11.5 Å². The number of halogens is 2. The van der Waals surface area contributed by atoms with Crippen LogP contribution in [0, 0.1) is 18.7 Å². The van der Waals surface area contributed by atoms with E-state index >= 15 is 0 Å². The fourth-order valence-corrected chi connectivity index (χ4v) is 3.26. The van der Waals surface area contributed by atoms with E-state index in [1.807, 2.05) is 18.4 Å². The molecular weight excluding hydrogens is 418 g/mol. The highest BCUT2D eigenvalue weighted by atomic mass is 19.1. The first-order chi connectivity index (χ1) is 15.2. The Labute approximate surface area is 183 Å². The summed E-state index contributed by atoms with van der Waals surface area (Å²) in [5.41, 5.74) is 0.914. The molecule has 2 N–H and O–H groups in total. The Morgan fingerprint density at radius 1 is 1.22 bits per heavy atom. The van der Waals surface area contributed by atoms with Gasteiger partial charge >= 0.3 is 0 Å². The topological polar surface area (TPSA) is 102 Å². The first-order valence-electron chi connectivity index (χ1n) is 10.2. The van der Waals surface area contributed by atoms with Crippen LogP contribution < -0.4 is 10.6 Å². The minimum atomic E-state index is -1.15.